The maximum atomic E-state index is 13.9. The summed E-state index contributed by atoms with van der Waals surface area (Å²) in [6.07, 6.45) is 9.84. The summed E-state index contributed by atoms with van der Waals surface area (Å²) in [5.41, 5.74) is 3.77. The maximum Gasteiger partial charge on any atom is 0.243 e. The van der Waals surface area contributed by atoms with Crippen LogP contribution in [0.25, 0.3) is 10.9 Å². The van der Waals surface area contributed by atoms with Gasteiger partial charge in [-0.3, -0.25) is 14.4 Å². The van der Waals surface area contributed by atoms with Crippen LogP contribution < -0.4 is 5.32 Å². The molecule has 1 amide bonds. The first kappa shape index (κ1) is 26.8. The molecule has 0 spiro atoms. The zero-order valence-electron chi connectivity index (χ0n) is 23.2. The van der Waals surface area contributed by atoms with Gasteiger partial charge in [0.05, 0.1) is 24.8 Å². The predicted molar refractivity (Wildman–Crippen MR) is 148 cm³/mol. The molecule has 7 nitrogen and oxygen atoms in total. The molecule has 0 radical (unpaired) electrons. The molecule has 1 aromatic carbocycles. The summed E-state index contributed by atoms with van der Waals surface area (Å²) in [4.78, 5) is 41.4. The molecule has 1 saturated carbocycles. The summed E-state index contributed by atoms with van der Waals surface area (Å²) in [7, 11) is 0. The highest BCUT2D eigenvalue weighted by Gasteiger charge is 2.66. The van der Waals surface area contributed by atoms with E-state index < -0.39 is 6.04 Å². The SMILES string of the molecule is CCC(=O)[C@@H]1C[C@]23COC/C=C\CCNCc4cc(CC(C)C)cc5c(C(C)=O)cn(c45)CC(=O)N1[C@@H]2C3. The number of rotatable bonds is 5. The van der Waals surface area contributed by atoms with Crippen LogP contribution >= 0.6 is 0 Å². The number of benzene rings is 1. The Bertz CT molecular complexity index is 1280. The number of aromatic nitrogens is 1. The number of carbonyl (C=O) groups is 3. The van der Waals surface area contributed by atoms with Crippen LogP contribution in [0.2, 0.25) is 0 Å². The van der Waals surface area contributed by atoms with Crippen LogP contribution in [0.1, 0.15) is 74.9 Å². The van der Waals surface area contributed by atoms with Crippen LogP contribution in [0, 0.1) is 11.3 Å². The van der Waals surface area contributed by atoms with E-state index in [4.69, 9.17) is 4.74 Å². The molecule has 5 rings (SSSR count). The number of carbonyl (C=O) groups excluding carboxylic acids is 3. The average molecular weight is 520 g/mol. The van der Waals surface area contributed by atoms with E-state index in [0.717, 1.165) is 42.3 Å². The van der Waals surface area contributed by atoms with Gasteiger partial charge in [0, 0.05) is 41.6 Å². The number of Topliss-reactive ketones (excluding diaryl/α,β-unsaturated/α-hetero) is 2. The number of piperidine rings is 1. The van der Waals surface area contributed by atoms with E-state index in [1.165, 1.54) is 5.56 Å². The van der Waals surface area contributed by atoms with Crippen molar-refractivity contribution in [3.63, 3.8) is 0 Å². The third-order valence-corrected chi connectivity index (χ3v) is 8.44. The van der Waals surface area contributed by atoms with Gasteiger partial charge in [-0.2, -0.15) is 0 Å². The Balaban J connectivity index is 1.58. The van der Waals surface area contributed by atoms with E-state index in [9.17, 15) is 14.4 Å². The number of ketones is 2. The van der Waals surface area contributed by atoms with Crippen LogP contribution in [-0.4, -0.2) is 58.8 Å². The third-order valence-electron chi connectivity index (χ3n) is 8.44. The number of hydrogen-bond donors (Lipinski definition) is 1. The van der Waals surface area contributed by atoms with Crippen molar-refractivity contribution in [1.29, 1.82) is 0 Å². The second kappa shape index (κ2) is 10.8. The van der Waals surface area contributed by atoms with E-state index >= 15 is 0 Å². The molecule has 3 heterocycles. The minimum Gasteiger partial charge on any atom is -0.377 e. The minimum absolute atomic E-state index is 0.00680. The van der Waals surface area contributed by atoms with E-state index in [0.29, 0.717) is 44.1 Å². The van der Waals surface area contributed by atoms with Gasteiger partial charge >= 0.3 is 0 Å². The lowest BCUT2D eigenvalue weighted by Gasteiger charge is -2.27. The van der Waals surface area contributed by atoms with Crippen LogP contribution in [0.3, 0.4) is 0 Å². The van der Waals surface area contributed by atoms with Crippen LogP contribution in [0.15, 0.2) is 30.5 Å². The van der Waals surface area contributed by atoms with Gasteiger partial charge in [0.15, 0.2) is 11.6 Å². The van der Waals surface area contributed by atoms with Crippen molar-refractivity contribution in [2.45, 2.75) is 85.0 Å². The molecule has 0 unspecified atom stereocenters. The maximum absolute atomic E-state index is 13.9. The topological polar surface area (TPSA) is 80.6 Å². The van der Waals surface area contributed by atoms with E-state index in [2.05, 4.69) is 43.4 Å². The largest absolute Gasteiger partial charge is 0.377 e. The van der Waals surface area contributed by atoms with Gasteiger partial charge in [-0.1, -0.05) is 39.0 Å². The molecule has 2 fully saturated rings. The zero-order chi connectivity index (χ0) is 27.0. The van der Waals surface area contributed by atoms with Crippen LogP contribution in [0.5, 0.6) is 0 Å². The number of nitrogens with one attached hydrogen (secondary N) is 1. The van der Waals surface area contributed by atoms with Gasteiger partial charge in [0.1, 0.15) is 6.54 Å². The molecule has 204 valence electrons. The summed E-state index contributed by atoms with van der Waals surface area (Å²) in [5, 5.41) is 4.46. The number of ether oxygens (including phenoxy) is 1. The first-order valence-electron chi connectivity index (χ1n) is 14.2. The molecule has 2 aromatic rings. The fourth-order valence-corrected chi connectivity index (χ4v) is 6.58. The second-order valence-corrected chi connectivity index (χ2v) is 11.9. The molecule has 1 aromatic heterocycles. The third kappa shape index (κ3) is 5.10. The molecule has 1 N–H and O–H groups in total. The molecule has 1 aliphatic carbocycles. The normalized spacial score (nSPS) is 26.9. The molecule has 2 bridgehead atoms. The standard InChI is InChI=1S/C31H41N3O4/c1-5-27(36)26-14-31-15-28(31)34(26)29(37)18-33-17-25(21(4)35)24-13-22(11-20(2)3)12-23(30(24)33)16-32-9-7-6-8-10-38-19-31/h6,8,12-13,17,20,26,28,32H,5,7,9-11,14-16,18-19H2,1-4H3/b8-6-/t26-,28+,31-/m0/s1. The Kier molecular flexibility index (Phi) is 7.60. The Hall–Kier alpha value is -2.77. The number of amides is 1. The summed E-state index contributed by atoms with van der Waals surface area (Å²) in [6, 6.07) is 4.01. The molecular formula is C31H41N3O4. The van der Waals surface area contributed by atoms with Gasteiger partial charge in [-0.05, 0) is 62.3 Å². The molecule has 3 aliphatic rings. The second-order valence-electron chi connectivity index (χ2n) is 11.9. The molecular weight excluding hydrogens is 478 g/mol. The van der Waals surface area contributed by atoms with Crippen molar-refractivity contribution in [1.82, 2.24) is 14.8 Å². The van der Waals surface area contributed by atoms with Crippen molar-refractivity contribution >= 4 is 28.4 Å². The van der Waals surface area contributed by atoms with Crippen molar-refractivity contribution in [3.8, 4) is 0 Å². The highest BCUT2D eigenvalue weighted by atomic mass is 16.5. The molecule has 7 heteroatoms. The lowest BCUT2D eigenvalue weighted by Crippen LogP contribution is -2.44. The summed E-state index contributed by atoms with van der Waals surface area (Å²) >= 11 is 0. The zero-order valence-corrected chi connectivity index (χ0v) is 23.2. The van der Waals surface area contributed by atoms with Crippen molar-refractivity contribution in [3.05, 3.63) is 47.2 Å². The fraction of sp³-hybridized carbons (Fsp3) is 0.581. The van der Waals surface area contributed by atoms with Gasteiger partial charge in [-0.15, -0.1) is 0 Å². The minimum atomic E-state index is -0.392. The Morgan fingerprint density at radius 3 is 2.76 bits per heavy atom. The summed E-state index contributed by atoms with van der Waals surface area (Å²) in [6.45, 7) is 10.6. The predicted octanol–water partition coefficient (Wildman–Crippen LogP) is 4.45. The smallest absolute Gasteiger partial charge is 0.243 e. The molecule has 1 saturated heterocycles. The van der Waals surface area contributed by atoms with Crippen molar-refractivity contribution in [2.75, 3.05) is 19.8 Å². The number of hydrogen-bond acceptors (Lipinski definition) is 5. The Morgan fingerprint density at radius 1 is 1.21 bits per heavy atom. The van der Waals surface area contributed by atoms with E-state index in [1.807, 2.05) is 22.6 Å². The molecule has 38 heavy (non-hydrogen) atoms. The Labute approximate surface area is 225 Å². The molecule has 3 atom stereocenters. The van der Waals surface area contributed by atoms with Gasteiger partial charge in [0.2, 0.25) is 5.91 Å². The van der Waals surface area contributed by atoms with Gasteiger partial charge in [-0.25, -0.2) is 0 Å². The quantitative estimate of drug-likeness (QED) is 0.466. The summed E-state index contributed by atoms with van der Waals surface area (Å²) in [5.74, 6) is 0.543. The lowest BCUT2D eigenvalue weighted by molar-refractivity contribution is -0.139. The van der Waals surface area contributed by atoms with Gasteiger partial charge < -0.3 is 19.5 Å². The van der Waals surface area contributed by atoms with Crippen LogP contribution in [0.4, 0.5) is 0 Å². The van der Waals surface area contributed by atoms with E-state index in [1.54, 1.807) is 6.92 Å². The Morgan fingerprint density at radius 2 is 2.03 bits per heavy atom. The highest BCUT2D eigenvalue weighted by molar-refractivity contribution is 6.08. The monoisotopic (exact) mass is 519 g/mol. The molecule has 2 aliphatic heterocycles. The summed E-state index contributed by atoms with van der Waals surface area (Å²) < 4.78 is 7.96. The highest BCUT2D eigenvalue weighted by Crippen LogP contribution is 2.60. The van der Waals surface area contributed by atoms with Gasteiger partial charge in [0.25, 0.3) is 0 Å². The fourth-order valence-electron chi connectivity index (χ4n) is 6.58. The van der Waals surface area contributed by atoms with Crippen molar-refractivity contribution < 1.29 is 19.1 Å². The van der Waals surface area contributed by atoms with Crippen LogP contribution in [-0.2, 0) is 33.8 Å². The lowest BCUT2D eigenvalue weighted by atomic mass is 9.97. The first-order chi connectivity index (χ1) is 18.2. The number of nitrogens with zero attached hydrogens (tertiary/aromatic N) is 2. The average Bonchev–Trinajstić information content (AvgIpc) is 3.27. The van der Waals surface area contributed by atoms with E-state index in [-0.39, 0.29) is 35.5 Å². The first-order valence-corrected chi connectivity index (χ1v) is 14.2. The van der Waals surface area contributed by atoms with Crippen molar-refractivity contribution in [2.24, 2.45) is 11.3 Å².